The first-order chi connectivity index (χ1) is 16.1. The van der Waals surface area contributed by atoms with Gasteiger partial charge < -0.3 is 25.4 Å². The molecular weight excluding hydrogens is 446 g/mol. The number of alkyl carbamates (subject to hydrolysis) is 1. The standard InChI is InChI=1S/C27H43N3O5/c1-10-13-18(3)28-23(32)22(20-15-12-14-19(11-2)16-20)30(26(4,5)6)24(33)21(17-31)29-25(34)35-27(7,8)9/h11-12,14-16,18,21-22,31H,2,10,13,17H2,1,3-9H3,(H,28,32)(H,29,34). The lowest BCUT2D eigenvalue weighted by molar-refractivity contribution is -0.149. The molecule has 3 amide bonds. The summed E-state index contributed by atoms with van der Waals surface area (Å²) in [5.41, 5.74) is -0.213. The second-order valence-electron chi connectivity index (χ2n) is 10.7. The summed E-state index contributed by atoms with van der Waals surface area (Å²) in [6.45, 7) is 17.6. The zero-order valence-electron chi connectivity index (χ0n) is 22.5. The average molecular weight is 490 g/mol. The van der Waals surface area contributed by atoms with Crippen LogP contribution in [0, 0.1) is 0 Å². The molecule has 8 heteroatoms. The van der Waals surface area contributed by atoms with E-state index < -0.39 is 41.8 Å². The molecule has 1 aromatic carbocycles. The number of hydrogen-bond acceptors (Lipinski definition) is 5. The van der Waals surface area contributed by atoms with E-state index in [1.807, 2.05) is 26.0 Å². The van der Waals surface area contributed by atoms with Crippen LogP contribution in [0.3, 0.4) is 0 Å². The molecule has 0 spiro atoms. The third-order valence-electron chi connectivity index (χ3n) is 5.21. The number of amides is 3. The molecule has 0 fully saturated rings. The summed E-state index contributed by atoms with van der Waals surface area (Å²) in [7, 11) is 0. The molecule has 3 atom stereocenters. The molecule has 3 unspecified atom stereocenters. The van der Waals surface area contributed by atoms with Crippen LogP contribution in [-0.4, -0.2) is 57.7 Å². The molecule has 8 nitrogen and oxygen atoms in total. The smallest absolute Gasteiger partial charge is 0.408 e. The molecule has 0 bridgehead atoms. The van der Waals surface area contributed by atoms with E-state index in [0.29, 0.717) is 5.56 Å². The van der Waals surface area contributed by atoms with Crippen LogP contribution in [-0.2, 0) is 14.3 Å². The van der Waals surface area contributed by atoms with Crippen molar-refractivity contribution in [2.75, 3.05) is 6.61 Å². The molecule has 0 aliphatic heterocycles. The first kappa shape index (κ1) is 30.2. The molecule has 35 heavy (non-hydrogen) atoms. The van der Waals surface area contributed by atoms with E-state index >= 15 is 0 Å². The van der Waals surface area contributed by atoms with Gasteiger partial charge in [0.25, 0.3) is 0 Å². The second kappa shape index (κ2) is 12.7. The van der Waals surface area contributed by atoms with Crippen molar-refractivity contribution >= 4 is 24.0 Å². The summed E-state index contributed by atoms with van der Waals surface area (Å²) >= 11 is 0. The number of benzene rings is 1. The summed E-state index contributed by atoms with van der Waals surface area (Å²) in [5, 5.41) is 15.5. The van der Waals surface area contributed by atoms with Gasteiger partial charge in [-0.25, -0.2) is 4.79 Å². The van der Waals surface area contributed by atoms with Gasteiger partial charge in [-0.3, -0.25) is 9.59 Å². The summed E-state index contributed by atoms with van der Waals surface area (Å²) in [6, 6.07) is 4.85. The number of carbonyl (C=O) groups is 3. The number of ether oxygens (including phenoxy) is 1. The molecule has 0 saturated heterocycles. The lowest BCUT2D eigenvalue weighted by atomic mass is 9.94. The average Bonchev–Trinajstić information content (AvgIpc) is 2.73. The fourth-order valence-electron chi connectivity index (χ4n) is 3.75. The topological polar surface area (TPSA) is 108 Å². The summed E-state index contributed by atoms with van der Waals surface area (Å²) in [4.78, 5) is 41.2. The number of hydrogen-bond donors (Lipinski definition) is 3. The minimum absolute atomic E-state index is 0.0944. The molecule has 0 heterocycles. The highest BCUT2D eigenvalue weighted by atomic mass is 16.6. The van der Waals surface area contributed by atoms with E-state index in [-0.39, 0.29) is 11.9 Å². The quantitative estimate of drug-likeness (QED) is 0.457. The van der Waals surface area contributed by atoms with Crippen LogP contribution in [0.1, 0.15) is 85.4 Å². The minimum atomic E-state index is -1.30. The minimum Gasteiger partial charge on any atom is -0.444 e. The van der Waals surface area contributed by atoms with E-state index in [2.05, 4.69) is 17.2 Å². The molecule has 3 N–H and O–H groups in total. The Labute approximate surface area is 210 Å². The van der Waals surface area contributed by atoms with Gasteiger partial charge in [-0.2, -0.15) is 0 Å². The molecule has 1 aromatic rings. The van der Waals surface area contributed by atoms with Crippen LogP contribution < -0.4 is 10.6 Å². The van der Waals surface area contributed by atoms with Gasteiger partial charge in [-0.05, 0) is 72.1 Å². The number of nitrogens with one attached hydrogen (secondary N) is 2. The van der Waals surface area contributed by atoms with Crippen molar-refractivity contribution in [3.63, 3.8) is 0 Å². The Hall–Kier alpha value is -2.87. The number of aliphatic hydroxyl groups is 1. The van der Waals surface area contributed by atoms with Gasteiger partial charge >= 0.3 is 6.09 Å². The van der Waals surface area contributed by atoms with Gasteiger partial charge in [-0.15, -0.1) is 0 Å². The van der Waals surface area contributed by atoms with Crippen molar-refractivity contribution in [2.24, 2.45) is 0 Å². The number of rotatable bonds is 10. The van der Waals surface area contributed by atoms with Crippen molar-refractivity contribution in [3.05, 3.63) is 42.0 Å². The lowest BCUT2D eigenvalue weighted by Crippen LogP contribution is -2.59. The van der Waals surface area contributed by atoms with E-state index in [1.165, 1.54) is 4.90 Å². The fraction of sp³-hybridized carbons (Fsp3) is 0.593. The predicted molar refractivity (Wildman–Crippen MR) is 139 cm³/mol. The van der Waals surface area contributed by atoms with E-state index in [0.717, 1.165) is 18.4 Å². The number of nitrogens with zero attached hydrogens (tertiary/aromatic N) is 1. The third kappa shape index (κ3) is 9.36. The molecule has 0 aliphatic carbocycles. The van der Waals surface area contributed by atoms with Gasteiger partial charge in [0.05, 0.1) is 6.61 Å². The van der Waals surface area contributed by atoms with Crippen molar-refractivity contribution in [1.82, 2.24) is 15.5 Å². The Morgan fingerprint density at radius 2 is 1.77 bits per heavy atom. The Bertz CT molecular complexity index is 886. The third-order valence-corrected chi connectivity index (χ3v) is 5.21. The molecule has 0 radical (unpaired) electrons. The van der Waals surface area contributed by atoms with Gasteiger partial charge in [0.2, 0.25) is 11.8 Å². The zero-order chi connectivity index (χ0) is 27.0. The van der Waals surface area contributed by atoms with Crippen LogP contribution in [0.5, 0.6) is 0 Å². The maximum absolute atomic E-state index is 13.8. The predicted octanol–water partition coefficient (Wildman–Crippen LogP) is 4.19. The van der Waals surface area contributed by atoms with Gasteiger partial charge in [-0.1, -0.05) is 44.2 Å². The maximum atomic E-state index is 13.8. The maximum Gasteiger partial charge on any atom is 0.408 e. The van der Waals surface area contributed by atoms with Gasteiger partial charge in [0, 0.05) is 11.6 Å². The Kier molecular flexibility index (Phi) is 11.0. The van der Waals surface area contributed by atoms with E-state index in [1.54, 1.807) is 59.8 Å². The number of aliphatic hydroxyl groups excluding tert-OH is 1. The van der Waals surface area contributed by atoms with Crippen LogP contribution in [0.15, 0.2) is 30.8 Å². The Morgan fingerprint density at radius 3 is 2.26 bits per heavy atom. The summed E-state index contributed by atoms with van der Waals surface area (Å²) in [6.07, 6.45) is 2.52. The first-order valence-electron chi connectivity index (χ1n) is 12.1. The molecule has 0 aliphatic rings. The normalized spacial score (nSPS) is 14.3. The van der Waals surface area contributed by atoms with Crippen molar-refractivity contribution in [2.45, 2.75) is 97.5 Å². The van der Waals surface area contributed by atoms with Crippen molar-refractivity contribution in [1.29, 1.82) is 0 Å². The van der Waals surface area contributed by atoms with E-state index in [4.69, 9.17) is 4.74 Å². The van der Waals surface area contributed by atoms with Crippen LogP contribution in [0.25, 0.3) is 6.08 Å². The number of carbonyl (C=O) groups excluding carboxylic acids is 3. The van der Waals surface area contributed by atoms with Gasteiger partial charge in [0.15, 0.2) is 0 Å². The van der Waals surface area contributed by atoms with Crippen LogP contribution >= 0.6 is 0 Å². The highest BCUT2D eigenvalue weighted by molar-refractivity contribution is 5.93. The second-order valence-corrected chi connectivity index (χ2v) is 10.7. The Balaban J connectivity index is 3.52. The molecular formula is C27H43N3O5. The first-order valence-corrected chi connectivity index (χ1v) is 12.1. The van der Waals surface area contributed by atoms with Gasteiger partial charge in [0.1, 0.15) is 17.7 Å². The highest BCUT2D eigenvalue weighted by Gasteiger charge is 2.42. The van der Waals surface area contributed by atoms with Crippen molar-refractivity contribution in [3.8, 4) is 0 Å². The molecule has 0 saturated carbocycles. The fourth-order valence-corrected chi connectivity index (χ4v) is 3.75. The monoisotopic (exact) mass is 489 g/mol. The zero-order valence-corrected chi connectivity index (χ0v) is 22.5. The SMILES string of the molecule is C=Cc1cccc(C(C(=O)NC(C)CCC)N(C(=O)C(CO)NC(=O)OC(C)(C)C)C(C)(C)C)c1. The molecule has 196 valence electrons. The van der Waals surface area contributed by atoms with Crippen LogP contribution in [0.4, 0.5) is 4.79 Å². The molecule has 0 aromatic heterocycles. The lowest BCUT2D eigenvalue weighted by Gasteiger charge is -2.43. The highest BCUT2D eigenvalue weighted by Crippen LogP contribution is 2.31. The van der Waals surface area contributed by atoms with Crippen LogP contribution in [0.2, 0.25) is 0 Å². The summed E-state index contributed by atoms with van der Waals surface area (Å²) in [5.74, 6) is -0.942. The largest absolute Gasteiger partial charge is 0.444 e. The summed E-state index contributed by atoms with van der Waals surface area (Å²) < 4.78 is 5.27. The Morgan fingerprint density at radius 1 is 1.14 bits per heavy atom. The van der Waals surface area contributed by atoms with E-state index in [9.17, 15) is 19.5 Å². The van der Waals surface area contributed by atoms with Crippen molar-refractivity contribution < 1.29 is 24.2 Å². The molecule has 1 rings (SSSR count).